The molecule has 9 nitrogen and oxygen atoms in total. The van der Waals surface area contributed by atoms with Gasteiger partial charge in [-0.3, -0.25) is 9.59 Å². The fraction of sp³-hybridized carbons (Fsp3) is 0.0435. The minimum absolute atomic E-state index is 0.00251. The summed E-state index contributed by atoms with van der Waals surface area (Å²) in [6.07, 6.45) is 0. The van der Waals surface area contributed by atoms with Crippen LogP contribution in [0.2, 0.25) is 0 Å². The molecule has 168 valence electrons. The number of thioether (sulfide) groups is 1. The summed E-state index contributed by atoms with van der Waals surface area (Å²) >= 11 is 1.18. The number of rotatable bonds is 8. The maximum atomic E-state index is 12.5. The van der Waals surface area contributed by atoms with Crippen molar-refractivity contribution in [3.05, 3.63) is 83.4 Å². The van der Waals surface area contributed by atoms with Gasteiger partial charge in [0.15, 0.2) is 0 Å². The number of aromatic carboxylic acids is 2. The molecule has 0 aromatic heterocycles. The molecule has 0 atom stereocenters. The summed E-state index contributed by atoms with van der Waals surface area (Å²) in [4.78, 5) is 47.8. The number of hydrogen-bond acceptors (Lipinski definition) is 6. The number of carboxylic acids is 2. The average molecular weight is 466 g/mol. The first-order valence-corrected chi connectivity index (χ1v) is 10.5. The summed E-state index contributed by atoms with van der Waals surface area (Å²) in [5.41, 5.74) is 0.243. The van der Waals surface area contributed by atoms with Crippen LogP contribution in [0.1, 0.15) is 31.1 Å². The first-order valence-electron chi connectivity index (χ1n) is 9.47. The van der Waals surface area contributed by atoms with Crippen LogP contribution in [0, 0.1) is 0 Å². The van der Waals surface area contributed by atoms with Gasteiger partial charge in [0.1, 0.15) is 11.3 Å². The van der Waals surface area contributed by atoms with E-state index >= 15 is 0 Å². The van der Waals surface area contributed by atoms with Gasteiger partial charge in [-0.2, -0.15) is 0 Å². The third kappa shape index (κ3) is 6.11. The Morgan fingerprint density at radius 3 is 2.09 bits per heavy atom. The van der Waals surface area contributed by atoms with Crippen molar-refractivity contribution in [2.75, 3.05) is 16.4 Å². The Morgan fingerprint density at radius 1 is 0.727 bits per heavy atom. The predicted molar refractivity (Wildman–Crippen MR) is 122 cm³/mol. The SMILES string of the molecule is O=C(CSc1cccc(NC(=O)c2ccccc2C(=O)O)c1)Nc1ccc(O)c(C(=O)O)c1. The molecule has 3 aromatic carbocycles. The van der Waals surface area contributed by atoms with Crippen molar-refractivity contribution in [3.63, 3.8) is 0 Å². The highest BCUT2D eigenvalue weighted by atomic mass is 32.2. The molecule has 0 aliphatic heterocycles. The zero-order valence-electron chi connectivity index (χ0n) is 16.9. The number of nitrogens with one attached hydrogen (secondary N) is 2. The minimum atomic E-state index is -1.32. The topological polar surface area (TPSA) is 153 Å². The number of carbonyl (C=O) groups excluding carboxylic acids is 2. The van der Waals surface area contributed by atoms with Gasteiger partial charge in [-0.1, -0.05) is 18.2 Å². The van der Waals surface area contributed by atoms with Crippen LogP contribution in [0.15, 0.2) is 71.6 Å². The summed E-state index contributed by atoms with van der Waals surface area (Å²) in [7, 11) is 0. The Morgan fingerprint density at radius 2 is 1.39 bits per heavy atom. The van der Waals surface area contributed by atoms with Crippen molar-refractivity contribution >= 4 is 46.9 Å². The number of aromatic hydroxyl groups is 1. The normalized spacial score (nSPS) is 10.3. The van der Waals surface area contributed by atoms with Crippen LogP contribution in [0.4, 0.5) is 11.4 Å². The zero-order chi connectivity index (χ0) is 24.0. The molecule has 0 aliphatic rings. The van der Waals surface area contributed by atoms with Crippen molar-refractivity contribution in [3.8, 4) is 5.75 Å². The predicted octanol–water partition coefficient (Wildman–Crippen LogP) is 3.77. The molecule has 0 bridgehead atoms. The Hall–Kier alpha value is -4.31. The summed E-state index contributed by atoms with van der Waals surface area (Å²) < 4.78 is 0. The van der Waals surface area contributed by atoms with Gasteiger partial charge in [0.05, 0.1) is 16.9 Å². The van der Waals surface area contributed by atoms with Gasteiger partial charge in [0.25, 0.3) is 5.91 Å². The van der Waals surface area contributed by atoms with E-state index in [0.717, 1.165) is 6.07 Å². The number of phenols is 1. The molecule has 0 saturated heterocycles. The molecule has 0 fully saturated rings. The van der Waals surface area contributed by atoms with Gasteiger partial charge < -0.3 is 26.0 Å². The van der Waals surface area contributed by atoms with E-state index < -0.39 is 29.5 Å². The van der Waals surface area contributed by atoms with E-state index in [2.05, 4.69) is 10.6 Å². The summed E-state index contributed by atoms with van der Waals surface area (Å²) in [5, 5.41) is 33.0. The zero-order valence-corrected chi connectivity index (χ0v) is 17.8. The Kier molecular flexibility index (Phi) is 7.31. The third-order valence-corrected chi connectivity index (χ3v) is 5.37. The third-order valence-electron chi connectivity index (χ3n) is 4.37. The number of carbonyl (C=O) groups is 4. The van der Waals surface area contributed by atoms with Gasteiger partial charge in [0.2, 0.25) is 5.91 Å². The monoisotopic (exact) mass is 466 g/mol. The molecule has 0 unspecified atom stereocenters. The van der Waals surface area contributed by atoms with E-state index in [0.29, 0.717) is 10.6 Å². The summed E-state index contributed by atoms with van der Waals surface area (Å²) in [6, 6.07) is 16.3. The molecule has 10 heteroatoms. The summed E-state index contributed by atoms with van der Waals surface area (Å²) in [5.74, 6) is -3.90. The highest BCUT2D eigenvalue weighted by Crippen LogP contribution is 2.24. The van der Waals surface area contributed by atoms with Crippen LogP contribution in [-0.2, 0) is 4.79 Å². The summed E-state index contributed by atoms with van der Waals surface area (Å²) in [6.45, 7) is 0. The molecular weight excluding hydrogens is 448 g/mol. The highest BCUT2D eigenvalue weighted by Gasteiger charge is 2.16. The Labute approximate surface area is 192 Å². The van der Waals surface area contributed by atoms with Crippen LogP contribution >= 0.6 is 11.8 Å². The number of anilines is 2. The fourth-order valence-corrected chi connectivity index (χ4v) is 3.62. The van der Waals surface area contributed by atoms with Gasteiger partial charge in [-0.25, -0.2) is 9.59 Å². The fourth-order valence-electron chi connectivity index (χ4n) is 2.86. The molecule has 0 radical (unpaired) electrons. The Bertz CT molecular complexity index is 1240. The standard InChI is InChI=1S/C23H18N2O7S/c26-19-9-8-14(11-18(19)23(31)32)24-20(27)12-33-15-5-3-4-13(10-15)25-21(28)16-6-1-2-7-17(16)22(29)30/h1-11,26H,12H2,(H,24,27)(H,25,28)(H,29,30)(H,31,32). The van der Waals surface area contributed by atoms with Crippen LogP contribution in [0.25, 0.3) is 0 Å². The van der Waals surface area contributed by atoms with Crippen molar-refractivity contribution < 1.29 is 34.5 Å². The number of amides is 2. The molecule has 3 rings (SSSR count). The van der Waals surface area contributed by atoms with Crippen molar-refractivity contribution in [1.82, 2.24) is 0 Å². The largest absolute Gasteiger partial charge is 0.507 e. The number of carboxylic acid groups (broad SMARTS) is 2. The maximum Gasteiger partial charge on any atom is 0.339 e. The van der Waals surface area contributed by atoms with E-state index in [1.807, 2.05) is 0 Å². The lowest BCUT2D eigenvalue weighted by atomic mass is 10.1. The van der Waals surface area contributed by atoms with Gasteiger partial charge in [-0.15, -0.1) is 11.8 Å². The van der Waals surface area contributed by atoms with E-state index in [-0.39, 0.29) is 28.1 Å². The second kappa shape index (κ2) is 10.3. The van der Waals surface area contributed by atoms with Crippen LogP contribution in [0.5, 0.6) is 5.75 Å². The number of benzene rings is 3. The van der Waals surface area contributed by atoms with E-state index in [1.54, 1.807) is 30.3 Å². The molecule has 5 N–H and O–H groups in total. The van der Waals surface area contributed by atoms with Crippen LogP contribution in [-0.4, -0.2) is 44.8 Å². The molecular formula is C23H18N2O7S. The van der Waals surface area contributed by atoms with Gasteiger partial charge in [-0.05, 0) is 48.5 Å². The highest BCUT2D eigenvalue weighted by molar-refractivity contribution is 8.00. The Balaban J connectivity index is 1.62. The van der Waals surface area contributed by atoms with Crippen molar-refractivity contribution in [2.24, 2.45) is 0 Å². The minimum Gasteiger partial charge on any atom is -0.507 e. The molecule has 0 spiro atoms. The van der Waals surface area contributed by atoms with Gasteiger partial charge >= 0.3 is 11.9 Å². The molecule has 3 aromatic rings. The van der Waals surface area contributed by atoms with E-state index in [1.165, 1.54) is 42.1 Å². The lowest BCUT2D eigenvalue weighted by Crippen LogP contribution is -2.16. The van der Waals surface area contributed by atoms with Gasteiger partial charge in [0, 0.05) is 16.3 Å². The van der Waals surface area contributed by atoms with E-state index in [9.17, 15) is 29.4 Å². The first kappa shape index (κ1) is 23.4. The molecule has 33 heavy (non-hydrogen) atoms. The lowest BCUT2D eigenvalue weighted by Gasteiger charge is -2.10. The maximum absolute atomic E-state index is 12.5. The molecule has 2 amide bonds. The van der Waals surface area contributed by atoms with E-state index in [4.69, 9.17) is 5.11 Å². The quantitative estimate of drug-likeness (QED) is 0.248. The van der Waals surface area contributed by atoms with Crippen LogP contribution < -0.4 is 10.6 Å². The number of hydrogen-bond donors (Lipinski definition) is 5. The molecule has 0 saturated carbocycles. The molecule has 0 heterocycles. The average Bonchev–Trinajstić information content (AvgIpc) is 2.79. The second-order valence-corrected chi connectivity index (χ2v) is 7.76. The first-order chi connectivity index (χ1) is 15.7. The van der Waals surface area contributed by atoms with Crippen molar-refractivity contribution in [1.29, 1.82) is 0 Å². The van der Waals surface area contributed by atoms with Crippen LogP contribution in [0.3, 0.4) is 0 Å². The molecule has 0 aliphatic carbocycles. The lowest BCUT2D eigenvalue weighted by molar-refractivity contribution is -0.113. The smallest absolute Gasteiger partial charge is 0.339 e. The van der Waals surface area contributed by atoms with Crippen molar-refractivity contribution in [2.45, 2.75) is 4.90 Å². The second-order valence-electron chi connectivity index (χ2n) is 6.71.